The first-order chi connectivity index (χ1) is 40.3. The molecule has 0 heterocycles. The molecule has 82 heavy (non-hydrogen) atoms. The number of benzene rings is 7. The number of rotatable bonds is 32. The second-order valence-corrected chi connectivity index (χ2v) is 17.7. The Kier molecular flexibility index (Phi) is 24.7. The third-order valence-corrected chi connectivity index (χ3v) is 11.7. The van der Waals surface area contributed by atoms with Gasteiger partial charge in [-0.05, 0) is 46.5 Å². The van der Waals surface area contributed by atoms with E-state index in [2.05, 4.69) is 21.3 Å². The Morgan fingerprint density at radius 3 is 0.854 bits per heavy atom. The summed E-state index contributed by atoms with van der Waals surface area (Å²) in [5.74, 6) is 1.69. The SMILES string of the molecule is NCCOc1c(-c2cccc(OCCNC(=O)OCc3ccccc3)c2OCCNC(=O)OCc2ccccc2)ccc(-c2cccc(OCCNC(=O)OCc3ccccc3)c2OCCNC(=O)OCc2ccccc2)c1OCCN. The van der Waals surface area contributed by atoms with Crippen LogP contribution in [0.3, 0.4) is 0 Å². The van der Waals surface area contributed by atoms with Gasteiger partial charge in [-0.2, -0.15) is 0 Å². The van der Waals surface area contributed by atoms with Crippen molar-refractivity contribution in [1.82, 2.24) is 21.3 Å². The average Bonchev–Trinajstić information content (AvgIpc) is 3.65. The van der Waals surface area contributed by atoms with E-state index in [1.54, 1.807) is 24.3 Å². The second kappa shape index (κ2) is 33.7. The fourth-order valence-corrected chi connectivity index (χ4v) is 7.91. The van der Waals surface area contributed by atoms with Crippen LogP contribution in [0.2, 0.25) is 0 Å². The summed E-state index contributed by atoms with van der Waals surface area (Å²) in [7, 11) is 0. The minimum atomic E-state index is -0.636. The molecule has 20 nitrogen and oxygen atoms in total. The lowest BCUT2D eigenvalue weighted by Gasteiger charge is -2.23. The van der Waals surface area contributed by atoms with Crippen molar-refractivity contribution in [2.75, 3.05) is 78.9 Å². The maximum Gasteiger partial charge on any atom is 0.407 e. The maximum atomic E-state index is 12.8. The van der Waals surface area contributed by atoms with Crippen LogP contribution < -0.4 is 61.2 Å². The summed E-state index contributed by atoms with van der Waals surface area (Å²) in [6.45, 7) is 0.992. The number of carbonyl (C=O) groups excluding carboxylic acids is 4. The summed E-state index contributed by atoms with van der Waals surface area (Å²) in [5, 5.41) is 10.9. The minimum Gasteiger partial charge on any atom is -0.488 e. The first-order valence-electron chi connectivity index (χ1n) is 26.7. The monoisotopic (exact) mass is 1120 g/mol. The predicted molar refractivity (Wildman–Crippen MR) is 307 cm³/mol. The van der Waals surface area contributed by atoms with Crippen molar-refractivity contribution in [2.24, 2.45) is 11.5 Å². The van der Waals surface area contributed by atoms with E-state index in [9.17, 15) is 19.2 Å². The van der Waals surface area contributed by atoms with Crippen LogP contribution in [0.25, 0.3) is 22.3 Å². The molecule has 7 rings (SSSR count). The number of nitrogens with one attached hydrogen (secondary N) is 4. The number of hydrogen-bond acceptors (Lipinski definition) is 16. The van der Waals surface area contributed by atoms with Crippen molar-refractivity contribution in [3.8, 4) is 56.8 Å². The van der Waals surface area contributed by atoms with Gasteiger partial charge in [0.2, 0.25) is 0 Å². The van der Waals surface area contributed by atoms with Crippen LogP contribution in [0.4, 0.5) is 19.2 Å². The number of amides is 4. The molecule has 4 amide bonds. The van der Waals surface area contributed by atoms with Crippen LogP contribution in [-0.4, -0.2) is 103 Å². The molecule has 0 fully saturated rings. The molecule has 0 aliphatic rings. The Morgan fingerprint density at radius 1 is 0.293 bits per heavy atom. The fraction of sp³-hybridized carbons (Fsp3) is 0.258. The van der Waals surface area contributed by atoms with Crippen LogP contribution in [0, 0.1) is 0 Å². The second-order valence-electron chi connectivity index (χ2n) is 17.7. The molecule has 20 heteroatoms. The molecule has 0 aromatic heterocycles. The Labute approximate surface area is 476 Å². The molecule has 0 unspecified atom stereocenters. The van der Waals surface area contributed by atoms with Crippen LogP contribution in [0.5, 0.6) is 34.5 Å². The predicted octanol–water partition coefficient (Wildman–Crippen LogP) is 8.92. The average molecular weight is 1120 g/mol. The number of hydrogen-bond donors (Lipinski definition) is 6. The molecule has 0 atom stereocenters. The number of ether oxygens (including phenoxy) is 10. The lowest BCUT2D eigenvalue weighted by molar-refractivity contribution is 0.136. The Bertz CT molecular complexity index is 2860. The Morgan fingerprint density at radius 2 is 0.561 bits per heavy atom. The molecule has 7 aromatic carbocycles. The highest BCUT2D eigenvalue weighted by Gasteiger charge is 2.26. The highest BCUT2D eigenvalue weighted by molar-refractivity contribution is 5.88. The van der Waals surface area contributed by atoms with Crippen LogP contribution >= 0.6 is 0 Å². The van der Waals surface area contributed by atoms with E-state index in [1.807, 2.05) is 146 Å². The molecular weight excluding hydrogens is 1050 g/mol. The molecular formula is C62H68N6O14. The standard InChI is InChI=1S/C62H68N6O14/c63-29-35-75-57-51(49-23-13-25-53(73-37-31-65-59(69)79-41-45-15-5-1-6-16-45)55(49)77-39-33-67-61(71)81-43-47-19-9-3-10-20-47)27-28-52(58(57)76-36-30-64)50-24-14-26-54(74-38-32-66-60(70)80-42-46-17-7-2-8-18-46)56(50)78-40-34-68-62(72)82-44-48-21-11-4-12-22-48/h1-28H,29-44,63-64H2,(H,65,69)(H,66,70)(H,67,71)(H,68,72). The van der Waals surface area contributed by atoms with Gasteiger partial charge in [0.25, 0.3) is 0 Å². The lowest BCUT2D eigenvalue weighted by atomic mass is 9.96. The van der Waals surface area contributed by atoms with Gasteiger partial charge in [-0.3, -0.25) is 0 Å². The molecule has 0 aliphatic heterocycles. The third kappa shape index (κ3) is 19.6. The van der Waals surface area contributed by atoms with Crippen LogP contribution in [-0.2, 0) is 45.4 Å². The van der Waals surface area contributed by atoms with E-state index >= 15 is 0 Å². The van der Waals surface area contributed by atoms with Gasteiger partial charge in [-0.25, -0.2) is 19.2 Å². The van der Waals surface area contributed by atoms with Crippen molar-refractivity contribution in [2.45, 2.75) is 26.4 Å². The number of para-hydroxylation sites is 2. The molecule has 0 radical (unpaired) electrons. The van der Waals surface area contributed by atoms with Crippen molar-refractivity contribution in [3.05, 3.63) is 192 Å². The molecule has 0 saturated carbocycles. The lowest BCUT2D eigenvalue weighted by Crippen LogP contribution is -2.29. The fourth-order valence-electron chi connectivity index (χ4n) is 7.91. The summed E-state index contributed by atoms with van der Waals surface area (Å²) in [4.78, 5) is 50.8. The summed E-state index contributed by atoms with van der Waals surface area (Å²) in [5.41, 5.74) is 17.5. The molecule has 7 aromatic rings. The zero-order valence-electron chi connectivity index (χ0n) is 45.3. The largest absolute Gasteiger partial charge is 0.488 e. The summed E-state index contributed by atoms with van der Waals surface area (Å²) in [6.07, 6.45) is -2.51. The molecule has 0 bridgehead atoms. The molecule has 430 valence electrons. The highest BCUT2D eigenvalue weighted by atomic mass is 16.6. The molecule has 0 spiro atoms. The highest BCUT2D eigenvalue weighted by Crippen LogP contribution is 2.51. The van der Waals surface area contributed by atoms with Gasteiger partial charge >= 0.3 is 24.4 Å². The Hall–Kier alpha value is -9.66. The van der Waals surface area contributed by atoms with E-state index in [1.165, 1.54) is 0 Å². The van der Waals surface area contributed by atoms with E-state index in [4.69, 9.17) is 58.8 Å². The van der Waals surface area contributed by atoms with Gasteiger partial charge in [0, 0.05) is 35.3 Å². The van der Waals surface area contributed by atoms with E-state index in [0.29, 0.717) is 33.8 Å². The Balaban J connectivity index is 1.16. The first kappa shape index (κ1) is 60.0. The molecule has 8 N–H and O–H groups in total. The van der Waals surface area contributed by atoms with Crippen molar-refractivity contribution in [1.29, 1.82) is 0 Å². The van der Waals surface area contributed by atoms with Gasteiger partial charge in [0.1, 0.15) is 66.1 Å². The topological polar surface area (TPSA) is 261 Å². The van der Waals surface area contributed by atoms with Crippen LogP contribution in [0.1, 0.15) is 22.3 Å². The summed E-state index contributed by atoms with van der Waals surface area (Å²) in [6, 6.07) is 51.5. The number of nitrogens with two attached hydrogens (primary N) is 2. The number of alkyl carbamates (subject to hydrolysis) is 4. The van der Waals surface area contributed by atoms with Crippen molar-refractivity contribution >= 4 is 24.4 Å². The summed E-state index contributed by atoms with van der Waals surface area (Å²) < 4.78 is 60.2. The molecule has 0 aliphatic carbocycles. The normalized spacial score (nSPS) is 10.6. The van der Waals surface area contributed by atoms with Gasteiger partial charge < -0.3 is 80.1 Å². The third-order valence-electron chi connectivity index (χ3n) is 11.7. The van der Waals surface area contributed by atoms with E-state index in [-0.39, 0.29) is 128 Å². The van der Waals surface area contributed by atoms with Gasteiger partial charge in [-0.15, -0.1) is 0 Å². The minimum absolute atomic E-state index is 0.0185. The summed E-state index contributed by atoms with van der Waals surface area (Å²) >= 11 is 0. The number of carbonyl (C=O) groups is 4. The smallest absolute Gasteiger partial charge is 0.407 e. The van der Waals surface area contributed by atoms with E-state index in [0.717, 1.165) is 22.3 Å². The zero-order valence-corrected chi connectivity index (χ0v) is 45.3. The van der Waals surface area contributed by atoms with Gasteiger partial charge in [0.15, 0.2) is 34.5 Å². The van der Waals surface area contributed by atoms with E-state index < -0.39 is 24.4 Å². The maximum absolute atomic E-state index is 12.8. The quantitative estimate of drug-likeness (QED) is 0.0170. The van der Waals surface area contributed by atoms with Crippen molar-refractivity contribution < 1.29 is 66.5 Å². The van der Waals surface area contributed by atoms with Gasteiger partial charge in [-0.1, -0.05) is 146 Å². The van der Waals surface area contributed by atoms with Gasteiger partial charge in [0.05, 0.1) is 26.2 Å². The zero-order chi connectivity index (χ0) is 57.4. The first-order valence-corrected chi connectivity index (χ1v) is 26.7. The van der Waals surface area contributed by atoms with Crippen molar-refractivity contribution in [3.63, 3.8) is 0 Å². The van der Waals surface area contributed by atoms with Crippen LogP contribution in [0.15, 0.2) is 170 Å². The molecule has 0 saturated heterocycles.